The fourth-order valence-corrected chi connectivity index (χ4v) is 2.87. The van der Waals surface area contributed by atoms with E-state index in [-0.39, 0.29) is 29.4 Å². The summed E-state index contributed by atoms with van der Waals surface area (Å²) in [6.45, 7) is 3.66. The van der Waals surface area contributed by atoms with Crippen LogP contribution in [0.3, 0.4) is 0 Å². The van der Waals surface area contributed by atoms with E-state index in [0.717, 1.165) is 0 Å². The Bertz CT molecular complexity index is 1080. The van der Waals surface area contributed by atoms with Gasteiger partial charge >= 0.3 is 0 Å². The van der Waals surface area contributed by atoms with Gasteiger partial charge in [-0.3, -0.25) is 9.48 Å². The standard InChI is InChI=1S/C20H24FN7O3/c1-20(2,30)11-28-10-12(7-25-28)26-19-24-9-14(17(22)29)18(27-19)23-8-13-15(21)5-4-6-16(13)31-3/h4-7,9-10,30H,8,11H2,1-3H3,(H2,22,29)(H2,23,24,26,27). The number of carbonyl (C=O) groups is 1. The molecule has 0 unspecified atom stereocenters. The van der Waals surface area contributed by atoms with Crippen LogP contribution in [0.4, 0.5) is 21.8 Å². The molecule has 5 N–H and O–H groups in total. The van der Waals surface area contributed by atoms with Crippen molar-refractivity contribution in [3.05, 3.63) is 53.7 Å². The molecule has 0 aliphatic heterocycles. The van der Waals surface area contributed by atoms with Crippen LogP contribution in [0.15, 0.2) is 36.8 Å². The number of rotatable bonds is 9. The van der Waals surface area contributed by atoms with Gasteiger partial charge in [-0.2, -0.15) is 10.1 Å². The van der Waals surface area contributed by atoms with E-state index in [1.165, 1.54) is 25.4 Å². The lowest BCUT2D eigenvalue weighted by atomic mass is 10.1. The van der Waals surface area contributed by atoms with Crippen LogP contribution in [0.2, 0.25) is 0 Å². The van der Waals surface area contributed by atoms with Gasteiger partial charge in [0.25, 0.3) is 5.91 Å². The first-order chi connectivity index (χ1) is 14.7. The van der Waals surface area contributed by atoms with E-state index >= 15 is 0 Å². The summed E-state index contributed by atoms with van der Waals surface area (Å²) in [5.74, 6) is -0.513. The molecule has 0 saturated carbocycles. The zero-order valence-corrected chi connectivity index (χ0v) is 17.4. The Morgan fingerprint density at radius 3 is 2.81 bits per heavy atom. The average Bonchev–Trinajstić information content (AvgIpc) is 3.11. The third kappa shape index (κ3) is 5.66. The van der Waals surface area contributed by atoms with Crippen LogP contribution in [0.25, 0.3) is 0 Å². The van der Waals surface area contributed by atoms with Gasteiger partial charge < -0.3 is 26.2 Å². The molecule has 1 amide bonds. The minimum absolute atomic E-state index is 0.0100. The molecule has 0 saturated heterocycles. The van der Waals surface area contributed by atoms with Crippen molar-refractivity contribution in [1.82, 2.24) is 19.7 Å². The van der Waals surface area contributed by atoms with E-state index in [1.54, 1.807) is 37.0 Å². The smallest absolute Gasteiger partial charge is 0.254 e. The molecule has 2 aromatic heterocycles. The lowest BCUT2D eigenvalue weighted by Crippen LogP contribution is -2.26. The number of nitrogens with one attached hydrogen (secondary N) is 2. The Morgan fingerprint density at radius 1 is 1.35 bits per heavy atom. The summed E-state index contributed by atoms with van der Waals surface area (Å²) in [5.41, 5.74) is 5.41. The molecule has 0 spiro atoms. The van der Waals surface area contributed by atoms with E-state index < -0.39 is 17.3 Å². The molecule has 11 heteroatoms. The number of primary amides is 1. The predicted octanol–water partition coefficient (Wildman–Crippen LogP) is 2.05. The van der Waals surface area contributed by atoms with Gasteiger partial charge in [0, 0.05) is 24.5 Å². The molecule has 0 fully saturated rings. The van der Waals surface area contributed by atoms with E-state index in [2.05, 4.69) is 25.7 Å². The summed E-state index contributed by atoms with van der Waals surface area (Å²) in [6, 6.07) is 4.48. The summed E-state index contributed by atoms with van der Waals surface area (Å²) in [4.78, 5) is 20.2. The van der Waals surface area contributed by atoms with Crippen LogP contribution in [-0.2, 0) is 13.1 Å². The molecule has 31 heavy (non-hydrogen) atoms. The summed E-state index contributed by atoms with van der Waals surface area (Å²) < 4.78 is 21.0. The number of benzene rings is 1. The molecule has 0 aliphatic rings. The maximum absolute atomic E-state index is 14.2. The Morgan fingerprint density at radius 2 is 2.13 bits per heavy atom. The first kappa shape index (κ1) is 22.0. The van der Waals surface area contributed by atoms with Crippen LogP contribution in [0.1, 0.15) is 29.8 Å². The van der Waals surface area contributed by atoms with Gasteiger partial charge in [-0.25, -0.2) is 9.37 Å². The highest BCUT2D eigenvalue weighted by Gasteiger charge is 2.16. The van der Waals surface area contributed by atoms with Gasteiger partial charge in [0.15, 0.2) is 0 Å². The number of hydrogen-bond donors (Lipinski definition) is 4. The van der Waals surface area contributed by atoms with Crippen LogP contribution < -0.4 is 21.1 Å². The van der Waals surface area contributed by atoms with Crippen LogP contribution in [0, 0.1) is 5.82 Å². The molecule has 3 rings (SSSR count). The fourth-order valence-electron chi connectivity index (χ4n) is 2.87. The molecular formula is C20H24FN7O3. The fraction of sp³-hybridized carbons (Fsp3) is 0.300. The van der Waals surface area contributed by atoms with Gasteiger partial charge in [0.05, 0.1) is 36.7 Å². The number of amides is 1. The number of ether oxygens (including phenoxy) is 1. The summed E-state index contributed by atoms with van der Waals surface area (Å²) >= 11 is 0. The SMILES string of the molecule is COc1cccc(F)c1CNc1nc(Nc2cnn(CC(C)(C)O)c2)ncc1C(N)=O. The van der Waals surface area contributed by atoms with E-state index in [9.17, 15) is 14.3 Å². The zero-order chi connectivity index (χ0) is 22.6. The van der Waals surface area contributed by atoms with Crippen molar-refractivity contribution in [3.8, 4) is 5.75 Å². The molecular weight excluding hydrogens is 405 g/mol. The second-order valence-electron chi connectivity index (χ2n) is 7.46. The maximum atomic E-state index is 14.2. The number of aliphatic hydroxyl groups is 1. The third-order valence-corrected chi connectivity index (χ3v) is 4.22. The Hall–Kier alpha value is -3.73. The highest BCUT2D eigenvalue weighted by molar-refractivity contribution is 5.97. The highest BCUT2D eigenvalue weighted by Crippen LogP contribution is 2.24. The highest BCUT2D eigenvalue weighted by atomic mass is 19.1. The quantitative estimate of drug-likeness (QED) is 0.405. The minimum atomic E-state index is -0.923. The van der Waals surface area contributed by atoms with Crippen molar-refractivity contribution < 1.29 is 19.0 Å². The lowest BCUT2D eigenvalue weighted by molar-refractivity contribution is 0.0577. The van der Waals surface area contributed by atoms with Gasteiger partial charge in [-0.05, 0) is 26.0 Å². The second-order valence-corrected chi connectivity index (χ2v) is 7.46. The number of nitrogens with zero attached hydrogens (tertiary/aromatic N) is 4. The van der Waals surface area contributed by atoms with Crippen LogP contribution in [-0.4, -0.2) is 43.5 Å². The Balaban J connectivity index is 1.81. The molecule has 0 atom stereocenters. The maximum Gasteiger partial charge on any atom is 0.254 e. The molecule has 3 aromatic rings. The number of nitrogens with two attached hydrogens (primary N) is 1. The Labute approximate surface area is 178 Å². The number of methoxy groups -OCH3 is 1. The molecule has 0 aliphatic carbocycles. The molecule has 1 aromatic carbocycles. The number of anilines is 3. The first-order valence-electron chi connectivity index (χ1n) is 9.40. The number of aromatic nitrogens is 4. The van der Waals surface area contributed by atoms with Crippen molar-refractivity contribution in [2.75, 3.05) is 17.7 Å². The second kappa shape index (κ2) is 8.96. The van der Waals surface area contributed by atoms with Gasteiger partial charge in [-0.15, -0.1) is 0 Å². The van der Waals surface area contributed by atoms with E-state index in [4.69, 9.17) is 10.5 Å². The summed E-state index contributed by atoms with van der Waals surface area (Å²) in [5, 5.41) is 20.0. The topological polar surface area (TPSA) is 140 Å². The van der Waals surface area contributed by atoms with E-state index in [1.807, 2.05) is 0 Å². The normalized spacial score (nSPS) is 11.3. The van der Waals surface area contributed by atoms with Crippen molar-refractivity contribution in [1.29, 1.82) is 0 Å². The van der Waals surface area contributed by atoms with Crippen LogP contribution >= 0.6 is 0 Å². The lowest BCUT2D eigenvalue weighted by Gasteiger charge is -2.16. The Kier molecular flexibility index (Phi) is 6.35. The molecule has 2 heterocycles. The first-order valence-corrected chi connectivity index (χ1v) is 9.40. The average molecular weight is 429 g/mol. The number of halogens is 1. The van der Waals surface area contributed by atoms with Gasteiger partial charge in [0.2, 0.25) is 5.95 Å². The number of hydrogen-bond acceptors (Lipinski definition) is 8. The third-order valence-electron chi connectivity index (χ3n) is 4.22. The number of carbonyl (C=O) groups excluding carboxylic acids is 1. The molecule has 0 bridgehead atoms. The van der Waals surface area contributed by atoms with Crippen molar-refractivity contribution in [3.63, 3.8) is 0 Å². The predicted molar refractivity (Wildman–Crippen MR) is 113 cm³/mol. The largest absolute Gasteiger partial charge is 0.496 e. The van der Waals surface area contributed by atoms with Crippen molar-refractivity contribution in [2.24, 2.45) is 5.73 Å². The zero-order valence-electron chi connectivity index (χ0n) is 17.4. The van der Waals surface area contributed by atoms with Crippen LogP contribution in [0.5, 0.6) is 5.75 Å². The van der Waals surface area contributed by atoms with E-state index in [0.29, 0.717) is 18.0 Å². The molecule has 0 radical (unpaired) electrons. The molecule has 164 valence electrons. The van der Waals surface area contributed by atoms with Crippen molar-refractivity contribution >= 4 is 23.4 Å². The van der Waals surface area contributed by atoms with Gasteiger partial charge in [-0.1, -0.05) is 6.07 Å². The van der Waals surface area contributed by atoms with Crippen molar-refractivity contribution in [2.45, 2.75) is 32.5 Å². The minimum Gasteiger partial charge on any atom is -0.496 e. The molecule has 10 nitrogen and oxygen atoms in total. The monoisotopic (exact) mass is 429 g/mol. The summed E-state index contributed by atoms with van der Waals surface area (Å²) in [6.07, 6.45) is 4.51. The van der Waals surface area contributed by atoms with Gasteiger partial charge in [0.1, 0.15) is 17.4 Å². The summed E-state index contributed by atoms with van der Waals surface area (Å²) in [7, 11) is 1.44.